The topological polar surface area (TPSA) is 65.0 Å². The zero-order valence-corrected chi connectivity index (χ0v) is 18.4. The van der Waals surface area contributed by atoms with Gasteiger partial charge in [-0.25, -0.2) is 8.78 Å². The quantitative estimate of drug-likeness (QED) is 0.651. The first kappa shape index (κ1) is 22.5. The smallest absolute Gasteiger partial charge is 0.309 e. The highest BCUT2D eigenvalue weighted by Gasteiger charge is 2.52. The van der Waals surface area contributed by atoms with Gasteiger partial charge < -0.3 is 19.3 Å². The molecule has 2 aliphatic heterocycles. The van der Waals surface area contributed by atoms with Gasteiger partial charge in [0.15, 0.2) is 0 Å². The minimum atomic E-state index is -0.941. The van der Waals surface area contributed by atoms with Crippen LogP contribution in [0.5, 0.6) is 11.5 Å². The van der Waals surface area contributed by atoms with Gasteiger partial charge >= 0.3 is 5.97 Å². The van der Waals surface area contributed by atoms with Gasteiger partial charge in [-0.2, -0.15) is 0 Å². The van der Waals surface area contributed by atoms with E-state index in [0.717, 1.165) is 11.6 Å². The van der Waals surface area contributed by atoms with Crippen LogP contribution in [-0.4, -0.2) is 29.4 Å². The lowest BCUT2D eigenvalue weighted by atomic mass is 9.71. The normalized spacial score (nSPS) is 25.9. The Labute approximate surface area is 186 Å². The van der Waals surface area contributed by atoms with E-state index in [0.29, 0.717) is 42.9 Å². The Balaban J connectivity index is 1.63. The number of hydrogen-bond acceptors (Lipinski definition) is 4. The summed E-state index contributed by atoms with van der Waals surface area (Å²) in [5, 5.41) is 9.90. The predicted octanol–water partition coefficient (Wildman–Crippen LogP) is 5.31. The minimum Gasteiger partial charge on any atom is -0.494 e. The summed E-state index contributed by atoms with van der Waals surface area (Å²) in [6.07, 6.45) is 0.0708. The van der Waals surface area contributed by atoms with Crippen LogP contribution in [0.4, 0.5) is 8.78 Å². The number of fused-ring (bicyclic) bond motifs is 3. The maximum Gasteiger partial charge on any atom is 0.309 e. The van der Waals surface area contributed by atoms with E-state index in [9.17, 15) is 18.7 Å². The van der Waals surface area contributed by atoms with Crippen LogP contribution in [0.15, 0.2) is 36.4 Å². The van der Waals surface area contributed by atoms with E-state index in [1.807, 2.05) is 39.0 Å². The molecule has 32 heavy (non-hydrogen) atoms. The van der Waals surface area contributed by atoms with Crippen molar-refractivity contribution in [2.45, 2.75) is 57.8 Å². The lowest BCUT2D eigenvalue weighted by Crippen LogP contribution is -2.52. The van der Waals surface area contributed by atoms with Crippen LogP contribution >= 0.6 is 0 Å². The zero-order valence-electron chi connectivity index (χ0n) is 18.4. The largest absolute Gasteiger partial charge is 0.494 e. The van der Waals surface area contributed by atoms with Crippen LogP contribution in [-0.2, 0) is 16.0 Å². The molecule has 1 fully saturated rings. The second-order valence-electron chi connectivity index (χ2n) is 9.04. The van der Waals surface area contributed by atoms with Gasteiger partial charge in [-0.15, -0.1) is 0 Å². The van der Waals surface area contributed by atoms with Gasteiger partial charge in [-0.1, -0.05) is 0 Å². The number of benzene rings is 2. The van der Waals surface area contributed by atoms with E-state index in [1.165, 1.54) is 12.1 Å². The fourth-order valence-corrected chi connectivity index (χ4v) is 4.92. The number of ether oxygens (including phenoxy) is 3. The number of carboxylic acid groups (broad SMARTS) is 1. The SMILES string of the molecule is CCOc1ccc2c(c1)[C@H]1O[C@@H](CCc3cc(F)cc(F)c3)[C@H](C(=O)O)C[C@@H]1C(C)(C)O2. The molecule has 5 nitrogen and oxygen atoms in total. The Morgan fingerprint density at radius 2 is 1.91 bits per heavy atom. The number of carboxylic acids is 1. The molecule has 0 radical (unpaired) electrons. The van der Waals surface area contributed by atoms with E-state index in [4.69, 9.17) is 14.2 Å². The van der Waals surface area contributed by atoms with Crippen molar-refractivity contribution in [3.63, 3.8) is 0 Å². The lowest BCUT2D eigenvalue weighted by molar-refractivity contribution is -0.188. The molecular weight excluding hydrogens is 418 g/mol. The van der Waals surface area contributed by atoms with Crippen molar-refractivity contribution in [2.75, 3.05) is 6.61 Å². The van der Waals surface area contributed by atoms with E-state index in [2.05, 4.69) is 0 Å². The molecule has 172 valence electrons. The molecule has 0 aliphatic carbocycles. The average molecular weight is 446 g/mol. The van der Waals surface area contributed by atoms with Crippen LogP contribution in [0.2, 0.25) is 0 Å². The van der Waals surface area contributed by atoms with Crippen LogP contribution in [0, 0.1) is 23.5 Å². The molecule has 2 heterocycles. The van der Waals surface area contributed by atoms with Gasteiger partial charge in [0.2, 0.25) is 0 Å². The molecule has 0 amide bonds. The van der Waals surface area contributed by atoms with Crippen molar-refractivity contribution in [3.8, 4) is 11.5 Å². The Morgan fingerprint density at radius 1 is 1.19 bits per heavy atom. The number of hydrogen-bond donors (Lipinski definition) is 1. The maximum absolute atomic E-state index is 13.6. The highest BCUT2D eigenvalue weighted by Crippen LogP contribution is 2.53. The van der Waals surface area contributed by atoms with Crippen molar-refractivity contribution < 1.29 is 32.9 Å². The maximum atomic E-state index is 13.6. The summed E-state index contributed by atoms with van der Waals surface area (Å²) in [7, 11) is 0. The van der Waals surface area contributed by atoms with Gasteiger partial charge in [0, 0.05) is 17.5 Å². The molecule has 0 spiro atoms. The van der Waals surface area contributed by atoms with Gasteiger partial charge in [-0.05, 0) is 75.9 Å². The molecule has 1 saturated heterocycles. The Kier molecular flexibility index (Phi) is 6.12. The highest BCUT2D eigenvalue weighted by atomic mass is 19.1. The number of aliphatic carboxylic acids is 1. The second-order valence-corrected chi connectivity index (χ2v) is 9.04. The molecule has 0 unspecified atom stereocenters. The van der Waals surface area contributed by atoms with Crippen molar-refractivity contribution in [1.29, 1.82) is 0 Å². The summed E-state index contributed by atoms with van der Waals surface area (Å²) >= 11 is 0. The molecule has 0 aromatic heterocycles. The second kappa shape index (κ2) is 8.70. The van der Waals surface area contributed by atoms with Gasteiger partial charge in [0.1, 0.15) is 28.7 Å². The zero-order chi connectivity index (χ0) is 23.0. The third-order valence-electron chi connectivity index (χ3n) is 6.47. The van der Waals surface area contributed by atoms with Crippen LogP contribution in [0.25, 0.3) is 0 Å². The first-order valence-electron chi connectivity index (χ1n) is 11.0. The minimum absolute atomic E-state index is 0.171. The van der Waals surface area contributed by atoms with Crippen molar-refractivity contribution in [3.05, 3.63) is 59.2 Å². The third kappa shape index (κ3) is 4.44. The van der Waals surface area contributed by atoms with E-state index >= 15 is 0 Å². The Hall–Kier alpha value is -2.67. The molecule has 2 aromatic rings. The monoisotopic (exact) mass is 446 g/mol. The summed E-state index contributed by atoms with van der Waals surface area (Å²) in [5.74, 6) is -1.76. The van der Waals surface area contributed by atoms with E-state index in [-0.39, 0.29) is 12.0 Å². The lowest BCUT2D eigenvalue weighted by Gasteiger charge is -2.50. The van der Waals surface area contributed by atoms with Gasteiger partial charge in [-0.3, -0.25) is 4.79 Å². The van der Waals surface area contributed by atoms with Crippen molar-refractivity contribution in [2.24, 2.45) is 11.8 Å². The summed E-state index contributed by atoms with van der Waals surface area (Å²) in [6.45, 7) is 6.32. The summed E-state index contributed by atoms with van der Waals surface area (Å²) < 4.78 is 45.5. The molecule has 0 bridgehead atoms. The van der Waals surface area contributed by atoms with Crippen LogP contribution < -0.4 is 9.47 Å². The Morgan fingerprint density at radius 3 is 2.56 bits per heavy atom. The standard InChI is InChI=1S/C25H28F2O5/c1-4-30-17-6-8-22-18(12-17)23-20(25(2,3)32-22)13-19(24(28)29)21(31-23)7-5-14-9-15(26)11-16(27)10-14/h6,8-12,19-21,23H,4-5,7,13H2,1-3H3,(H,28,29)/t19-,20+,21+,23-/m1/s1. The van der Waals surface area contributed by atoms with E-state index < -0.39 is 35.2 Å². The first-order chi connectivity index (χ1) is 15.2. The van der Waals surface area contributed by atoms with Gasteiger partial charge in [0.25, 0.3) is 0 Å². The number of rotatable bonds is 6. The van der Waals surface area contributed by atoms with Crippen LogP contribution in [0.3, 0.4) is 0 Å². The molecule has 4 rings (SSSR count). The molecule has 2 aromatic carbocycles. The fourth-order valence-electron chi connectivity index (χ4n) is 4.92. The van der Waals surface area contributed by atoms with E-state index in [1.54, 1.807) is 0 Å². The number of carbonyl (C=O) groups is 1. The average Bonchev–Trinajstić information content (AvgIpc) is 2.71. The molecule has 4 atom stereocenters. The summed E-state index contributed by atoms with van der Waals surface area (Å²) in [5.41, 5.74) is 0.699. The third-order valence-corrected chi connectivity index (χ3v) is 6.47. The van der Waals surface area contributed by atoms with Gasteiger partial charge in [0.05, 0.1) is 24.7 Å². The Bertz CT molecular complexity index is 986. The summed E-state index contributed by atoms with van der Waals surface area (Å²) in [4.78, 5) is 12.1. The molecular formula is C25H28F2O5. The molecule has 7 heteroatoms. The highest BCUT2D eigenvalue weighted by molar-refractivity contribution is 5.71. The van der Waals surface area contributed by atoms with Crippen molar-refractivity contribution >= 4 is 5.97 Å². The summed E-state index contributed by atoms with van der Waals surface area (Å²) in [6, 6.07) is 8.96. The molecule has 0 saturated carbocycles. The molecule has 1 N–H and O–H groups in total. The first-order valence-corrected chi connectivity index (χ1v) is 11.0. The van der Waals surface area contributed by atoms with Crippen LogP contribution in [0.1, 0.15) is 50.8 Å². The van der Waals surface area contributed by atoms with Crippen molar-refractivity contribution in [1.82, 2.24) is 0 Å². The molecule has 2 aliphatic rings. The number of halogens is 2. The predicted molar refractivity (Wildman–Crippen MR) is 114 cm³/mol. The number of aryl methyl sites for hydroxylation is 1. The fraction of sp³-hybridized carbons (Fsp3) is 0.480.